The molecule has 1 heterocycles. The molecule has 0 aliphatic heterocycles. The van der Waals surface area contributed by atoms with Gasteiger partial charge in [0.25, 0.3) is 0 Å². The Hall–Kier alpha value is -1.49. The third kappa shape index (κ3) is 4.24. The van der Waals surface area contributed by atoms with Crippen LogP contribution in [0.3, 0.4) is 0 Å². The summed E-state index contributed by atoms with van der Waals surface area (Å²) < 4.78 is 30.9. The van der Waals surface area contributed by atoms with E-state index in [1.165, 1.54) is 25.0 Å². The summed E-state index contributed by atoms with van der Waals surface area (Å²) in [5.41, 5.74) is 0.755. The lowest BCUT2D eigenvalue weighted by Gasteiger charge is -2.13. The zero-order chi connectivity index (χ0) is 14.7. The number of hydrogen-bond acceptors (Lipinski definition) is 3. The molecule has 2 unspecified atom stereocenters. The fourth-order valence-corrected chi connectivity index (χ4v) is 3.37. The first-order chi connectivity index (χ1) is 10.2. The van der Waals surface area contributed by atoms with Gasteiger partial charge in [-0.3, -0.25) is 9.19 Å². The minimum atomic E-state index is -1.10. The summed E-state index contributed by atoms with van der Waals surface area (Å²) in [5, 5.41) is -0.137. The van der Waals surface area contributed by atoms with Crippen molar-refractivity contribution in [3.8, 4) is 5.75 Å². The van der Waals surface area contributed by atoms with E-state index >= 15 is 0 Å². The van der Waals surface area contributed by atoms with Gasteiger partial charge < -0.3 is 4.74 Å². The van der Waals surface area contributed by atoms with Crippen LogP contribution >= 0.6 is 0 Å². The molecule has 0 aromatic carbocycles. The van der Waals surface area contributed by atoms with Gasteiger partial charge in [-0.05, 0) is 43.4 Å². The molecule has 112 valence electrons. The molecule has 2 atom stereocenters. The minimum Gasteiger partial charge on any atom is -0.493 e. The fraction of sp³-hybridized carbons (Fsp3) is 0.438. The van der Waals surface area contributed by atoms with Crippen LogP contribution in [0, 0.1) is 5.92 Å². The molecule has 0 spiro atoms. The lowest BCUT2D eigenvalue weighted by molar-refractivity contribution is 0.299. The number of ether oxygens (including phenoxy) is 1. The van der Waals surface area contributed by atoms with Gasteiger partial charge in [0, 0.05) is 23.1 Å². The summed E-state index contributed by atoms with van der Waals surface area (Å²) in [6.07, 6.45) is 9.21. The molecule has 5 heteroatoms. The normalized spacial score (nSPS) is 22.7. The van der Waals surface area contributed by atoms with Crippen LogP contribution in [-0.4, -0.2) is 21.0 Å². The second-order valence-electron chi connectivity index (χ2n) is 5.48. The molecular formula is C16H18FNO2S. The molecule has 0 saturated heterocycles. The van der Waals surface area contributed by atoms with Crippen LogP contribution in [0.4, 0.5) is 4.39 Å². The van der Waals surface area contributed by atoms with E-state index in [2.05, 4.69) is 4.98 Å². The molecule has 0 bridgehead atoms. The maximum atomic E-state index is 12.9. The van der Waals surface area contributed by atoms with E-state index in [-0.39, 0.29) is 11.1 Å². The Bertz CT molecular complexity index is 596. The van der Waals surface area contributed by atoms with Crippen molar-refractivity contribution in [3.63, 3.8) is 0 Å². The highest BCUT2D eigenvalue weighted by Crippen LogP contribution is 2.29. The lowest BCUT2D eigenvalue weighted by atomic mass is 10.2. The SMILES string of the molecule is O=S(Cc1cc(OCC2CC2)ccn1)C1C=CC(F)=CC1. The predicted octanol–water partition coefficient (Wildman–Crippen LogP) is 3.30. The Balaban J connectivity index is 1.57. The zero-order valence-electron chi connectivity index (χ0n) is 11.7. The maximum Gasteiger partial charge on any atom is 0.122 e. The first kappa shape index (κ1) is 14.4. The van der Waals surface area contributed by atoms with Crippen molar-refractivity contribution in [3.05, 3.63) is 48.1 Å². The highest BCUT2D eigenvalue weighted by atomic mass is 32.2. The molecule has 1 fully saturated rings. The smallest absolute Gasteiger partial charge is 0.122 e. The average molecular weight is 307 g/mol. The van der Waals surface area contributed by atoms with Crippen molar-refractivity contribution >= 4 is 10.8 Å². The van der Waals surface area contributed by atoms with Crippen LogP contribution in [0.2, 0.25) is 0 Å². The highest BCUT2D eigenvalue weighted by Gasteiger charge is 2.22. The van der Waals surface area contributed by atoms with Gasteiger partial charge in [-0.15, -0.1) is 0 Å². The van der Waals surface area contributed by atoms with E-state index in [1.54, 1.807) is 12.3 Å². The Morgan fingerprint density at radius 3 is 3.00 bits per heavy atom. The second kappa shape index (κ2) is 6.52. The van der Waals surface area contributed by atoms with E-state index in [4.69, 9.17) is 4.74 Å². The standard InChI is InChI=1S/C16H18FNO2S/c17-13-3-5-16(6-4-13)21(19)11-14-9-15(7-8-18-14)20-10-12-1-2-12/h3-5,7-9,12,16H,1-2,6,10-11H2. The quantitative estimate of drug-likeness (QED) is 0.809. The van der Waals surface area contributed by atoms with Crippen molar-refractivity contribution in [2.24, 2.45) is 5.92 Å². The molecular weight excluding hydrogens is 289 g/mol. The fourth-order valence-electron chi connectivity index (χ4n) is 2.15. The van der Waals surface area contributed by atoms with Crippen molar-refractivity contribution in [2.75, 3.05) is 6.61 Å². The largest absolute Gasteiger partial charge is 0.493 e. The molecule has 1 aromatic heterocycles. The molecule has 3 rings (SSSR count). The van der Waals surface area contributed by atoms with E-state index in [1.807, 2.05) is 12.1 Å². The van der Waals surface area contributed by atoms with E-state index in [9.17, 15) is 8.60 Å². The van der Waals surface area contributed by atoms with Gasteiger partial charge in [0.05, 0.1) is 23.3 Å². The van der Waals surface area contributed by atoms with E-state index < -0.39 is 10.8 Å². The molecule has 0 radical (unpaired) electrons. The minimum absolute atomic E-state index is 0.137. The monoisotopic (exact) mass is 307 g/mol. The number of hydrogen-bond donors (Lipinski definition) is 0. The van der Waals surface area contributed by atoms with Gasteiger partial charge in [-0.1, -0.05) is 6.08 Å². The first-order valence-corrected chi connectivity index (χ1v) is 8.57. The van der Waals surface area contributed by atoms with Gasteiger partial charge in [0.15, 0.2) is 0 Å². The summed E-state index contributed by atoms with van der Waals surface area (Å²) in [5.74, 6) is 1.60. The number of pyridine rings is 1. The third-order valence-electron chi connectivity index (χ3n) is 3.61. The number of halogens is 1. The summed E-state index contributed by atoms with van der Waals surface area (Å²) in [6, 6.07) is 3.68. The molecule has 21 heavy (non-hydrogen) atoms. The molecule has 2 aliphatic carbocycles. The molecule has 0 N–H and O–H groups in total. The number of aromatic nitrogens is 1. The zero-order valence-corrected chi connectivity index (χ0v) is 12.5. The van der Waals surface area contributed by atoms with Gasteiger partial charge in [-0.25, -0.2) is 4.39 Å². The average Bonchev–Trinajstić information content (AvgIpc) is 3.30. The van der Waals surface area contributed by atoms with Crippen LogP contribution in [0.1, 0.15) is 25.0 Å². The molecule has 3 nitrogen and oxygen atoms in total. The first-order valence-electron chi connectivity index (χ1n) is 7.19. The van der Waals surface area contributed by atoms with Gasteiger partial charge >= 0.3 is 0 Å². The van der Waals surface area contributed by atoms with Crippen molar-refractivity contribution in [1.82, 2.24) is 4.98 Å². The molecule has 0 amide bonds. The molecule has 1 aromatic rings. The number of rotatable bonds is 6. The third-order valence-corrected chi connectivity index (χ3v) is 5.22. The van der Waals surface area contributed by atoms with Crippen LogP contribution < -0.4 is 4.74 Å². The van der Waals surface area contributed by atoms with Crippen LogP contribution in [0.25, 0.3) is 0 Å². The van der Waals surface area contributed by atoms with Crippen molar-refractivity contribution in [1.29, 1.82) is 0 Å². The number of nitrogens with zero attached hydrogens (tertiary/aromatic N) is 1. The summed E-state index contributed by atoms with van der Waals surface area (Å²) in [7, 11) is -1.10. The van der Waals surface area contributed by atoms with Gasteiger partial charge in [0.1, 0.15) is 11.6 Å². The van der Waals surface area contributed by atoms with Crippen molar-refractivity contribution < 1.29 is 13.3 Å². The van der Waals surface area contributed by atoms with E-state index in [0.29, 0.717) is 18.1 Å². The summed E-state index contributed by atoms with van der Waals surface area (Å²) in [6.45, 7) is 0.752. The Morgan fingerprint density at radius 2 is 2.29 bits per heavy atom. The van der Waals surface area contributed by atoms with Gasteiger partial charge in [-0.2, -0.15) is 0 Å². The van der Waals surface area contributed by atoms with Gasteiger partial charge in [0.2, 0.25) is 0 Å². The Labute approximate surface area is 126 Å². The Morgan fingerprint density at radius 1 is 1.43 bits per heavy atom. The van der Waals surface area contributed by atoms with Crippen LogP contribution in [0.5, 0.6) is 5.75 Å². The summed E-state index contributed by atoms with van der Waals surface area (Å²) >= 11 is 0. The lowest BCUT2D eigenvalue weighted by Crippen LogP contribution is -2.15. The second-order valence-corrected chi connectivity index (χ2v) is 7.14. The van der Waals surface area contributed by atoms with Crippen molar-refractivity contribution in [2.45, 2.75) is 30.3 Å². The highest BCUT2D eigenvalue weighted by molar-refractivity contribution is 7.85. The number of allylic oxidation sites excluding steroid dienone is 3. The topological polar surface area (TPSA) is 39.2 Å². The van der Waals surface area contributed by atoms with Crippen LogP contribution in [-0.2, 0) is 16.6 Å². The predicted molar refractivity (Wildman–Crippen MR) is 81.0 cm³/mol. The Kier molecular flexibility index (Phi) is 4.48. The molecule has 2 aliphatic rings. The molecule has 1 saturated carbocycles. The maximum absolute atomic E-state index is 12.9. The van der Waals surface area contributed by atoms with Crippen LogP contribution in [0.15, 0.2) is 42.4 Å². The van der Waals surface area contributed by atoms with E-state index in [0.717, 1.165) is 18.1 Å². The summed E-state index contributed by atoms with van der Waals surface area (Å²) in [4.78, 5) is 4.25.